The summed E-state index contributed by atoms with van der Waals surface area (Å²) in [6.07, 6.45) is -0.290. The maximum absolute atomic E-state index is 12.2. The van der Waals surface area contributed by atoms with Crippen molar-refractivity contribution < 1.29 is 28.4 Å². The largest absolute Gasteiger partial charge is 1.00 e. The molecule has 0 radical (unpaired) electrons. The van der Waals surface area contributed by atoms with Gasteiger partial charge in [-0.1, -0.05) is 29.7 Å². The second-order valence-corrected chi connectivity index (χ2v) is 5.25. The van der Waals surface area contributed by atoms with Crippen molar-refractivity contribution in [2.24, 2.45) is 0 Å². The third kappa shape index (κ3) is 3.42. The van der Waals surface area contributed by atoms with Gasteiger partial charge in [-0.2, -0.15) is 0 Å². The number of rotatable bonds is 3. The molecule has 2 rings (SSSR count). The van der Waals surface area contributed by atoms with Crippen molar-refractivity contribution in [3.63, 3.8) is 0 Å². The molecule has 0 aliphatic rings. The summed E-state index contributed by atoms with van der Waals surface area (Å²) in [4.78, 5) is 14.0. The van der Waals surface area contributed by atoms with Crippen LogP contribution in [0.5, 0.6) is 5.75 Å². The van der Waals surface area contributed by atoms with Gasteiger partial charge in [-0.05, 0) is 27.7 Å². The van der Waals surface area contributed by atoms with Gasteiger partial charge in [0, 0.05) is 12.1 Å². The Balaban J connectivity index is 0.00000200. The smallest absolute Gasteiger partial charge is 0.484 e. The van der Waals surface area contributed by atoms with Crippen molar-refractivity contribution in [1.29, 1.82) is 0 Å². The molecule has 20 heavy (non-hydrogen) atoms. The number of fused-ring (bicyclic) bond motifs is 1. The second-order valence-electron chi connectivity index (χ2n) is 5.25. The Morgan fingerprint density at radius 1 is 1.10 bits per heavy atom. The first kappa shape index (κ1) is 16.8. The topological polar surface area (TPSA) is 29.5 Å². The van der Waals surface area contributed by atoms with E-state index in [2.05, 4.69) is 0 Å². The number of nitrogens with zero attached hydrogens (tertiary/aromatic N) is 1. The Morgan fingerprint density at radius 2 is 1.70 bits per heavy atom. The van der Waals surface area contributed by atoms with Crippen LogP contribution in [0.1, 0.15) is 27.7 Å². The Labute approximate surface area is 132 Å². The minimum atomic E-state index is -0.290. The van der Waals surface area contributed by atoms with Crippen molar-refractivity contribution in [2.45, 2.75) is 39.8 Å². The quantitative estimate of drug-likeness (QED) is 0.616. The molecule has 0 aliphatic carbocycles. The van der Waals surface area contributed by atoms with E-state index in [1.807, 2.05) is 64.1 Å². The predicted octanol–water partition coefficient (Wildman–Crippen LogP) is 1.18. The van der Waals surface area contributed by atoms with Crippen LogP contribution < -0.4 is 23.6 Å². The van der Waals surface area contributed by atoms with Crippen LogP contribution in [-0.2, 0) is 0 Å². The summed E-state index contributed by atoms with van der Waals surface area (Å²) in [6, 6.07) is 11.9. The molecule has 0 aliphatic heterocycles. The van der Waals surface area contributed by atoms with Gasteiger partial charge in [0.2, 0.25) is 0 Å². The molecule has 0 bridgehead atoms. The summed E-state index contributed by atoms with van der Waals surface area (Å²) in [7, 11) is 0. The second kappa shape index (κ2) is 6.92. The number of hydrogen-bond donors (Lipinski definition) is 0. The van der Waals surface area contributed by atoms with Gasteiger partial charge in [-0.3, -0.25) is 4.79 Å². The molecule has 2 aromatic rings. The van der Waals surface area contributed by atoms with Crippen molar-refractivity contribution in [3.8, 4) is 5.75 Å². The van der Waals surface area contributed by atoms with Gasteiger partial charge in [-0.25, -0.2) is 0 Å². The van der Waals surface area contributed by atoms with Crippen LogP contribution in [0.25, 0.3) is 10.8 Å². The zero-order valence-electron chi connectivity index (χ0n) is 12.9. The average molecular weight is 265 g/mol. The van der Waals surface area contributed by atoms with Gasteiger partial charge < -0.3 is 9.64 Å². The minimum Gasteiger partial charge on any atom is -0.484 e. The molecule has 2 aromatic carbocycles. The van der Waals surface area contributed by atoms with Gasteiger partial charge in [0.05, 0.1) is 5.75 Å². The minimum absolute atomic E-state index is 0. The van der Waals surface area contributed by atoms with Crippen molar-refractivity contribution >= 4 is 16.9 Å². The van der Waals surface area contributed by atoms with E-state index < -0.39 is 0 Å². The first-order valence-electron chi connectivity index (χ1n) is 6.65. The number of hydrogen-bond acceptors (Lipinski definition) is 2. The summed E-state index contributed by atoms with van der Waals surface area (Å²) in [5, 5.41) is 2.06. The number of amides is 1. The van der Waals surface area contributed by atoms with E-state index in [4.69, 9.17) is 4.74 Å². The van der Waals surface area contributed by atoms with E-state index in [1.165, 1.54) is 0 Å². The standard InChI is InChI=1S/C16H20NO2.Li/c1-11(2)17(12(3)4)16(18)19-15-10-9-13-7-5-6-8-14(13)15;/h5-12H,1-4H3;/q-1;+1. The molecule has 3 nitrogen and oxygen atoms in total. The molecular weight excluding hydrogens is 245 g/mol. The molecule has 0 saturated carbocycles. The van der Waals surface area contributed by atoms with Crippen LogP contribution in [-0.4, -0.2) is 23.1 Å². The van der Waals surface area contributed by atoms with Gasteiger partial charge >= 0.3 is 25.0 Å². The number of carbonyl (C=O) groups is 1. The van der Waals surface area contributed by atoms with Crippen molar-refractivity contribution in [2.75, 3.05) is 0 Å². The normalized spacial score (nSPS) is 10.7. The fourth-order valence-corrected chi connectivity index (χ4v) is 2.38. The number of ether oxygens (including phenoxy) is 1. The van der Waals surface area contributed by atoms with Crippen LogP contribution in [0.2, 0.25) is 0 Å². The first-order valence-corrected chi connectivity index (χ1v) is 6.65. The SMILES string of the molecule is CC(C)N(C(=O)O[c-]1ccc2ccccc21)C(C)C.[Li+]. The molecule has 0 heterocycles. The molecule has 102 valence electrons. The summed E-state index contributed by atoms with van der Waals surface area (Å²) in [5.41, 5.74) is 0. The predicted molar refractivity (Wildman–Crippen MR) is 77.7 cm³/mol. The van der Waals surface area contributed by atoms with E-state index in [-0.39, 0.29) is 37.0 Å². The van der Waals surface area contributed by atoms with Crippen molar-refractivity contribution in [3.05, 3.63) is 36.4 Å². The molecule has 0 unspecified atom stereocenters. The maximum atomic E-state index is 12.2. The van der Waals surface area contributed by atoms with E-state index in [9.17, 15) is 4.79 Å². The monoisotopic (exact) mass is 265 g/mol. The Morgan fingerprint density at radius 3 is 2.30 bits per heavy atom. The van der Waals surface area contributed by atoms with Crippen LogP contribution in [0.4, 0.5) is 4.79 Å². The van der Waals surface area contributed by atoms with Crippen molar-refractivity contribution in [1.82, 2.24) is 4.90 Å². The number of benzene rings is 1. The van der Waals surface area contributed by atoms with Crippen LogP contribution >= 0.6 is 0 Å². The third-order valence-electron chi connectivity index (χ3n) is 3.16. The molecule has 0 aromatic heterocycles. The zero-order valence-corrected chi connectivity index (χ0v) is 12.9. The van der Waals surface area contributed by atoms with Crippen LogP contribution in [0.3, 0.4) is 0 Å². The summed E-state index contributed by atoms with van der Waals surface area (Å²) in [5.74, 6) is 0.631. The molecular formula is C16H20LiNO2. The molecule has 4 heteroatoms. The molecule has 0 N–H and O–H groups in total. The van der Waals surface area contributed by atoms with E-state index in [0.717, 1.165) is 10.8 Å². The fourth-order valence-electron chi connectivity index (χ4n) is 2.38. The summed E-state index contributed by atoms with van der Waals surface area (Å²) >= 11 is 0. The molecule has 1 amide bonds. The maximum Gasteiger partial charge on any atom is 1.00 e. The molecule has 0 fully saturated rings. The van der Waals surface area contributed by atoms with Gasteiger partial charge in [-0.15, -0.1) is 17.5 Å². The number of carbonyl (C=O) groups excluding carboxylic acids is 1. The van der Waals surface area contributed by atoms with E-state index >= 15 is 0 Å². The Kier molecular flexibility index (Phi) is 5.80. The van der Waals surface area contributed by atoms with Gasteiger partial charge in [0.1, 0.15) is 0 Å². The molecule has 0 spiro atoms. The first-order chi connectivity index (χ1) is 9.00. The van der Waals surface area contributed by atoms with Gasteiger partial charge in [0.15, 0.2) is 0 Å². The van der Waals surface area contributed by atoms with Gasteiger partial charge in [0.25, 0.3) is 0 Å². The Hall–Kier alpha value is -1.30. The van der Waals surface area contributed by atoms with E-state index in [0.29, 0.717) is 5.75 Å². The fraction of sp³-hybridized carbons (Fsp3) is 0.375. The third-order valence-corrected chi connectivity index (χ3v) is 3.16. The summed E-state index contributed by atoms with van der Waals surface area (Å²) in [6.45, 7) is 7.96. The Bertz CT molecular complexity index is 567. The van der Waals surface area contributed by atoms with Crippen LogP contribution in [0.15, 0.2) is 36.4 Å². The van der Waals surface area contributed by atoms with E-state index in [1.54, 1.807) is 4.90 Å². The average Bonchev–Trinajstić information content (AvgIpc) is 2.72. The molecule has 0 atom stereocenters. The van der Waals surface area contributed by atoms with Crippen LogP contribution in [0, 0.1) is 0 Å². The zero-order chi connectivity index (χ0) is 14.0. The molecule has 0 saturated heterocycles. The summed E-state index contributed by atoms with van der Waals surface area (Å²) < 4.78 is 5.54.